The Morgan fingerprint density at radius 1 is 1.25 bits per heavy atom. The number of fused-ring (bicyclic) bond motifs is 1. The van der Waals surface area contributed by atoms with E-state index >= 15 is 0 Å². The van der Waals surface area contributed by atoms with Crippen molar-refractivity contribution in [3.8, 4) is 0 Å². The lowest BCUT2D eigenvalue weighted by Crippen LogP contribution is -1.91. The molecule has 2 aromatic rings. The highest BCUT2D eigenvalue weighted by atomic mass is 32.1. The molecule has 1 aromatic heterocycles. The van der Waals surface area contributed by atoms with Crippen LogP contribution in [0.1, 0.15) is 5.56 Å². The van der Waals surface area contributed by atoms with Crippen LogP contribution in [-0.4, -0.2) is 32.2 Å². The maximum atomic E-state index is 9.55. The van der Waals surface area contributed by atoms with E-state index in [-0.39, 0.29) is 6.61 Å². The quantitative estimate of drug-likeness (QED) is 0.623. The van der Waals surface area contributed by atoms with Crippen LogP contribution in [0.3, 0.4) is 0 Å². The van der Waals surface area contributed by atoms with Gasteiger partial charge in [-0.1, -0.05) is 17.4 Å². The zero-order valence-corrected chi connectivity index (χ0v) is 11.0. The number of aliphatic carboxylic acids is 2. The number of nitrogens with two attached hydrogens (primary N) is 1. The zero-order valence-electron chi connectivity index (χ0n) is 10.2. The second-order valence-electron chi connectivity index (χ2n) is 3.52. The topological polar surface area (TPSA) is 134 Å². The number of carboxylic acid groups (broad SMARTS) is 2. The number of aliphatic hydroxyl groups is 1. The molecule has 0 fully saturated rings. The molecule has 106 valence electrons. The van der Waals surface area contributed by atoms with E-state index in [4.69, 9.17) is 21.1 Å². The van der Waals surface area contributed by atoms with E-state index in [2.05, 4.69) is 4.98 Å². The molecule has 0 aliphatic carbocycles. The largest absolute Gasteiger partial charge is 0.478 e. The molecule has 0 aliphatic heterocycles. The molecule has 0 aliphatic rings. The van der Waals surface area contributed by atoms with E-state index in [1.807, 2.05) is 18.2 Å². The van der Waals surface area contributed by atoms with Crippen molar-refractivity contribution in [2.45, 2.75) is 6.61 Å². The van der Waals surface area contributed by atoms with E-state index in [1.165, 1.54) is 11.3 Å². The lowest BCUT2D eigenvalue weighted by Gasteiger charge is -1.92. The van der Waals surface area contributed by atoms with Gasteiger partial charge < -0.3 is 21.1 Å². The van der Waals surface area contributed by atoms with Crippen LogP contribution >= 0.6 is 11.3 Å². The number of aliphatic hydroxyl groups excluding tert-OH is 1. The highest BCUT2D eigenvalue weighted by molar-refractivity contribution is 7.22. The highest BCUT2D eigenvalue weighted by Crippen LogP contribution is 2.24. The lowest BCUT2D eigenvalue weighted by atomic mass is 10.2. The van der Waals surface area contributed by atoms with Crippen LogP contribution in [0.15, 0.2) is 30.4 Å². The van der Waals surface area contributed by atoms with Gasteiger partial charge in [0.15, 0.2) is 5.13 Å². The molecule has 0 unspecified atom stereocenters. The van der Waals surface area contributed by atoms with Gasteiger partial charge >= 0.3 is 11.9 Å². The second kappa shape index (κ2) is 7.22. The molecule has 5 N–H and O–H groups in total. The third-order valence-corrected chi connectivity index (χ3v) is 2.87. The smallest absolute Gasteiger partial charge is 0.328 e. The number of nitrogens with zero attached hydrogens (tertiary/aromatic N) is 1. The summed E-state index contributed by atoms with van der Waals surface area (Å²) in [6.07, 6.45) is 1.12. The van der Waals surface area contributed by atoms with E-state index in [0.29, 0.717) is 17.3 Å². The number of anilines is 1. The molecule has 0 atom stereocenters. The third kappa shape index (κ3) is 5.04. The molecule has 7 nitrogen and oxygen atoms in total. The van der Waals surface area contributed by atoms with Gasteiger partial charge in [0.2, 0.25) is 0 Å². The molecule has 2 rings (SSSR count). The Kier molecular flexibility index (Phi) is 5.63. The minimum atomic E-state index is -1.26. The zero-order chi connectivity index (χ0) is 15.1. The van der Waals surface area contributed by atoms with Gasteiger partial charge in [0.25, 0.3) is 0 Å². The van der Waals surface area contributed by atoms with Gasteiger partial charge in [-0.2, -0.15) is 0 Å². The van der Waals surface area contributed by atoms with Crippen molar-refractivity contribution in [1.82, 2.24) is 4.98 Å². The van der Waals surface area contributed by atoms with Gasteiger partial charge in [-0.05, 0) is 17.7 Å². The van der Waals surface area contributed by atoms with E-state index < -0.39 is 11.9 Å². The summed E-state index contributed by atoms with van der Waals surface area (Å²) in [6.45, 7) is 0.0632. The molecular formula is C12H12N2O5S. The summed E-state index contributed by atoms with van der Waals surface area (Å²) in [5, 5.41) is 25.1. The Morgan fingerprint density at radius 2 is 1.85 bits per heavy atom. The number of carbonyl (C=O) groups is 2. The average Bonchev–Trinajstić information content (AvgIpc) is 2.76. The first-order valence-electron chi connectivity index (χ1n) is 5.32. The van der Waals surface area contributed by atoms with Crippen LogP contribution in [0.4, 0.5) is 5.13 Å². The maximum Gasteiger partial charge on any atom is 0.328 e. The fraction of sp³-hybridized carbons (Fsp3) is 0.0833. The number of thiazole rings is 1. The summed E-state index contributed by atoms with van der Waals surface area (Å²) in [5.74, 6) is -2.51. The van der Waals surface area contributed by atoms with Crippen molar-refractivity contribution in [3.63, 3.8) is 0 Å². The van der Waals surface area contributed by atoms with Gasteiger partial charge in [0.1, 0.15) is 0 Å². The van der Waals surface area contributed by atoms with E-state index in [1.54, 1.807) is 0 Å². The van der Waals surface area contributed by atoms with Crippen LogP contribution in [0.5, 0.6) is 0 Å². The number of benzene rings is 1. The number of aromatic nitrogens is 1. The Bertz CT molecular complexity index is 634. The molecule has 20 heavy (non-hydrogen) atoms. The Hall–Kier alpha value is -2.45. The molecule has 0 radical (unpaired) electrons. The first-order chi connectivity index (χ1) is 9.42. The monoisotopic (exact) mass is 296 g/mol. The fourth-order valence-corrected chi connectivity index (χ4v) is 2.03. The molecule has 1 heterocycles. The van der Waals surface area contributed by atoms with Crippen LogP contribution < -0.4 is 5.73 Å². The predicted octanol–water partition coefficient (Wildman–Crippen LogP) is 1.08. The second-order valence-corrected chi connectivity index (χ2v) is 4.58. The number of rotatable bonds is 3. The fourth-order valence-electron chi connectivity index (χ4n) is 1.23. The molecule has 0 saturated heterocycles. The third-order valence-electron chi connectivity index (χ3n) is 2.02. The Labute approximate surface area is 117 Å². The van der Waals surface area contributed by atoms with Crippen molar-refractivity contribution in [3.05, 3.63) is 35.9 Å². The summed E-state index contributed by atoms with van der Waals surface area (Å²) < 4.78 is 1.03. The first-order valence-corrected chi connectivity index (χ1v) is 6.13. The van der Waals surface area contributed by atoms with Gasteiger partial charge in [0, 0.05) is 12.2 Å². The Balaban J connectivity index is 0.000000221. The number of hydrogen-bond acceptors (Lipinski definition) is 6. The summed E-state index contributed by atoms with van der Waals surface area (Å²) >= 11 is 1.44. The number of hydrogen-bond donors (Lipinski definition) is 4. The van der Waals surface area contributed by atoms with Gasteiger partial charge in [-0.15, -0.1) is 0 Å². The van der Waals surface area contributed by atoms with Gasteiger partial charge in [0.05, 0.1) is 16.8 Å². The molecular weight excluding hydrogens is 284 g/mol. The van der Waals surface area contributed by atoms with Crippen molar-refractivity contribution in [2.24, 2.45) is 0 Å². The summed E-state index contributed by atoms with van der Waals surface area (Å²) in [5.41, 5.74) is 7.32. The molecule has 0 saturated carbocycles. The minimum absolute atomic E-state index is 0.0632. The number of carboxylic acids is 2. The van der Waals surface area contributed by atoms with Crippen molar-refractivity contribution in [1.29, 1.82) is 0 Å². The molecule has 0 bridgehead atoms. The SMILES string of the molecule is Nc1nc2ccc(CO)cc2s1.O=C(O)/C=C\C(=O)O. The highest BCUT2D eigenvalue weighted by Gasteiger charge is 2.00. The summed E-state index contributed by atoms with van der Waals surface area (Å²) in [7, 11) is 0. The van der Waals surface area contributed by atoms with Crippen molar-refractivity contribution < 1.29 is 24.9 Å². The van der Waals surface area contributed by atoms with Gasteiger partial charge in [-0.25, -0.2) is 14.6 Å². The first kappa shape index (κ1) is 15.6. The summed E-state index contributed by atoms with van der Waals surface area (Å²) in [4.78, 5) is 23.2. The minimum Gasteiger partial charge on any atom is -0.478 e. The molecule has 0 amide bonds. The van der Waals surface area contributed by atoms with Gasteiger partial charge in [-0.3, -0.25) is 0 Å². The van der Waals surface area contributed by atoms with Crippen LogP contribution in [0.2, 0.25) is 0 Å². The maximum absolute atomic E-state index is 9.55. The van der Waals surface area contributed by atoms with E-state index in [0.717, 1.165) is 15.8 Å². The van der Waals surface area contributed by atoms with Crippen LogP contribution in [0, 0.1) is 0 Å². The normalized spacial score (nSPS) is 10.2. The Morgan fingerprint density at radius 3 is 2.35 bits per heavy atom. The molecule has 8 heteroatoms. The lowest BCUT2D eigenvalue weighted by molar-refractivity contribution is -0.134. The van der Waals surface area contributed by atoms with E-state index in [9.17, 15) is 9.59 Å². The standard InChI is InChI=1S/C8H8N2OS.C4H4O4/c9-8-10-6-2-1-5(4-11)3-7(6)12-8;5-3(6)1-2-4(7)8/h1-3,11H,4H2,(H2,9,10);1-2H,(H,5,6)(H,7,8)/b;2-1-. The predicted molar refractivity (Wildman–Crippen MR) is 74.4 cm³/mol. The summed E-state index contributed by atoms with van der Waals surface area (Å²) in [6, 6.07) is 5.62. The van der Waals surface area contributed by atoms with Crippen molar-refractivity contribution >= 4 is 38.6 Å². The van der Waals surface area contributed by atoms with Crippen molar-refractivity contribution in [2.75, 3.05) is 5.73 Å². The van der Waals surface area contributed by atoms with Crippen LogP contribution in [-0.2, 0) is 16.2 Å². The molecule has 0 spiro atoms. The average molecular weight is 296 g/mol. The molecule has 1 aromatic carbocycles. The number of nitrogen functional groups attached to an aromatic ring is 1. The van der Waals surface area contributed by atoms with Crippen LogP contribution in [0.25, 0.3) is 10.2 Å².